The van der Waals surface area contributed by atoms with Crippen LogP contribution in [0.2, 0.25) is 0 Å². The molecule has 3 rings (SSSR count). The third-order valence-electron chi connectivity index (χ3n) is 3.95. The van der Waals surface area contributed by atoms with Gasteiger partial charge in [0.1, 0.15) is 5.75 Å². The molecule has 24 heavy (non-hydrogen) atoms. The van der Waals surface area contributed by atoms with Gasteiger partial charge in [0.2, 0.25) is 0 Å². The van der Waals surface area contributed by atoms with Gasteiger partial charge in [-0.15, -0.1) is 0 Å². The van der Waals surface area contributed by atoms with E-state index in [0.717, 1.165) is 22.0 Å². The molecule has 0 radical (unpaired) electrons. The highest BCUT2D eigenvalue weighted by Gasteiger charge is 2.12. The van der Waals surface area contributed by atoms with Crippen LogP contribution in [0.25, 0.3) is 11.1 Å². The van der Waals surface area contributed by atoms with Crippen molar-refractivity contribution >= 4 is 25.4 Å². The molecule has 0 saturated carbocycles. The highest BCUT2D eigenvalue weighted by Crippen LogP contribution is 2.31. The highest BCUT2D eigenvalue weighted by molar-refractivity contribution is 7.56. The maximum Gasteiger partial charge on any atom is 0.131 e. The Labute approximate surface area is 144 Å². The summed E-state index contributed by atoms with van der Waals surface area (Å²) in [6.07, 6.45) is 1.88. The first-order chi connectivity index (χ1) is 11.7. The van der Waals surface area contributed by atoms with Crippen molar-refractivity contribution in [3.63, 3.8) is 0 Å². The van der Waals surface area contributed by atoms with Crippen molar-refractivity contribution in [2.24, 2.45) is 4.99 Å². The summed E-state index contributed by atoms with van der Waals surface area (Å²) < 4.78 is 0. The monoisotopic (exact) mass is 333 g/mol. The molecule has 0 heterocycles. The molecule has 3 heteroatoms. The van der Waals surface area contributed by atoms with E-state index in [1.165, 1.54) is 10.9 Å². The first-order valence-electron chi connectivity index (χ1n) is 7.87. The number of rotatable bonds is 4. The van der Waals surface area contributed by atoms with Crippen LogP contribution in [0.4, 0.5) is 0 Å². The van der Waals surface area contributed by atoms with Crippen molar-refractivity contribution in [3.8, 4) is 16.9 Å². The van der Waals surface area contributed by atoms with Crippen molar-refractivity contribution in [1.82, 2.24) is 0 Å². The number of benzene rings is 3. The second-order valence-corrected chi connectivity index (χ2v) is 6.91. The van der Waals surface area contributed by atoms with Gasteiger partial charge in [-0.05, 0) is 23.4 Å². The first-order valence-corrected chi connectivity index (χ1v) is 8.87. The van der Waals surface area contributed by atoms with E-state index in [1.807, 2.05) is 60.8 Å². The number of para-hydroxylation sites is 1. The molecule has 0 aromatic heterocycles. The molecule has 0 aliphatic carbocycles. The number of hydrogen-bond acceptors (Lipinski definition) is 2. The zero-order chi connectivity index (χ0) is 16.9. The molecule has 0 amide bonds. The Hall–Kier alpha value is -2.44. The zero-order valence-electron chi connectivity index (χ0n) is 13.8. The first kappa shape index (κ1) is 16.4. The van der Waals surface area contributed by atoms with Gasteiger partial charge in [-0.25, -0.2) is 0 Å². The Morgan fingerprint density at radius 3 is 2.42 bits per heavy atom. The van der Waals surface area contributed by atoms with Gasteiger partial charge >= 0.3 is 0 Å². The third-order valence-corrected chi connectivity index (χ3v) is 5.56. The molecule has 1 N–H and O–H groups in total. The van der Waals surface area contributed by atoms with E-state index in [4.69, 9.17) is 0 Å². The molecule has 120 valence electrons. The third kappa shape index (κ3) is 3.39. The number of aryl methyl sites for hydroxylation is 1. The highest BCUT2D eigenvalue weighted by atomic mass is 31.1. The maximum atomic E-state index is 10.8. The fourth-order valence-electron chi connectivity index (χ4n) is 2.74. The number of phenolic OH excluding ortho intramolecular Hbond substituents is 1. The summed E-state index contributed by atoms with van der Waals surface area (Å²) in [6.45, 7) is 2.10. The standard InChI is InChI=1S/C21H20NOP/c1-15-8-6-11-17(14-22-2)21(15)24-19-13-7-12-18(20(19)23)16-9-4-3-5-10-16/h3-14,23-24H,1-2H3. The van der Waals surface area contributed by atoms with E-state index in [2.05, 4.69) is 24.0 Å². The molecular formula is C21H20NOP. The predicted molar refractivity (Wildman–Crippen MR) is 106 cm³/mol. The number of phenols is 1. The largest absolute Gasteiger partial charge is 0.507 e. The smallest absolute Gasteiger partial charge is 0.131 e. The summed E-state index contributed by atoms with van der Waals surface area (Å²) >= 11 is 0. The lowest BCUT2D eigenvalue weighted by molar-refractivity contribution is 0.482. The number of hydrogen-bond donors (Lipinski definition) is 1. The van der Waals surface area contributed by atoms with Crippen LogP contribution in [0.1, 0.15) is 11.1 Å². The van der Waals surface area contributed by atoms with Gasteiger partial charge in [-0.1, -0.05) is 75.3 Å². The minimum absolute atomic E-state index is 0.365. The van der Waals surface area contributed by atoms with E-state index >= 15 is 0 Å². The van der Waals surface area contributed by atoms with Gasteiger partial charge in [0.05, 0.1) is 0 Å². The van der Waals surface area contributed by atoms with Gasteiger partial charge in [0.25, 0.3) is 0 Å². The van der Waals surface area contributed by atoms with Crippen molar-refractivity contribution in [2.75, 3.05) is 7.05 Å². The number of aliphatic imine (C=N–C) groups is 1. The van der Waals surface area contributed by atoms with Crippen LogP contribution in [-0.4, -0.2) is 18.4 Å². The molecule has 0 aliphatic rings. The summed E-state index contributed by atoms with van der Waals surface area (Å²) in [7, 11) is 2.16. The lowest BCUT2D eigenvalue weighted by Crippen LogP contribution is -2.12. The van der Waals surface area contributed by atoms with Gasteiger partial charge in [0, 0.05) is 29.7 Å². The van der Waals surface area contributed by atoms with Crippen LogP contribution in [0.15, 0.2) is 71.7 Å². The Morgan fingerprint density at radius 1 is 0.917 bits per heavy atom. The topological polar surface area (TPSA) is 32.6 Å². The zero-order valence-corrected chi connectivity index (χ0v) is 14.8. The van der Waals surface area contributed by atoms with Crippen molar-refractivity contribution in [1.29, 1.82) is 0 Å². The Kier molecular flexibility index (Phi) is 5.08. The van der Waals surface area contributed by atoms with Gasteiger partial charge < -0.3 is 5.11 Å². The van der Waals surface area contributed by atoms with Gasteiger partial charge in [0.15, 0.2) is 0 Å². The average Bonchev–Trinajstić information content (AvgIpc) is 2.60. The summed E-state index contributed by atoms with van der Waals surface area (Å²) in [5.41, 5.74) is 4.23. The van der Waals surface area contributed by atoms with Gasteiger partial charge in [-0.2, -0.15) is 0 Å². The van der Waals surface area contributed by atoms with E-state index < -0.39 is 0 Å². The molecule has 0 saturated heterocycles. The van der Waals surface area contributed by atoms with Crippen molar-refractivity contribution in [2.45, 2.75) is 6.92 Å². The average molecular weight is 333 g/mol. The van der Waals surface area contributed by atoms with Crippen LogP contribution in [0.3, 0.4) is 0 Å². The molecular weight excluding hydrogens is 313 g/mol. The lowest BCUT2D eigenvalue weighted by atomic mass is 10.1. The number of nitrogens with zero attached hydrogens (tertiary/aromatic N) is 1. The second kappa shape index (κ2) is 7.42. The quantitative estimate of drug-likeness (QED) is 0.567. The van der Waals surface area contributed by atoms with Crippen LogP contribution in [0.5, 0.6) is 5.75 Å². The molecule has 0 aliphatic heterocycles. The van der Waals surface area contributed by atoms with Crippen molar-refractivity contribution in [3.05, 3.63) is 77.9 Å². The van der Waals surface area contributed by atoms with Crippen LogP contribution in [0, 0.1) is 6.92 Å². The SMILES string of the molecule is CN=Cc1cccc(C)c1Pc1cccc(-c2ccccc2)c1O. The molecule has 1 atom stereocenters. The van der Waals surface area contributed by atoms with E-state index in [9.17, 15) is 5.11 Å². The summed E-state index contributed by atoms with van der Waals surface area (Å²) in [4.78, 5) is 4.15. The Morgan fingerprint density at radius 2 is 1.67 bits per heavy atom. The lowest BCUT2D eigenvalue weighted by Gasteiger charge is -2.13. The molecule has 0 spiro atoms. The van der Waals surface area contributed by atoms with Crippen LogP contribution < -0.4 is 10.6 Å². The van der Waals surface area contributed by atoms with Crippen LogP contribution in [-0.2, 0) is 0 Å². The molecule has 3 aromatic carbocycles. The fourth-order valence-corrected chi connectivity index (χ4v) is 4.01. The number of aromatic hydroxyl groups is 1. The molecule has 1 unspecified atom stereocenters. The van der Waals surface area contributed by atoms with E-state index in [1.54, 1.807) is 7.05 Å². The van der Waals surface area contributed by atoms with Crippen molar-refractivity contribution < 1.29 is 5.11 Å². The van der Waals surface area contributed by atoms with Crippen LogP contribution >= 0.6 is 8.58 Å². The fraction of sp³-hybridized carbons (Fsp3) is 0.0952. The summed E-state index contributed by atoms with van der Waals surface area (Å²) in [5.74, 6) is 0.365. The Balaban J connectivity index is 2.04. The van der Waals surface area contributed by atoms with E-state index in [0.29, 0.717) is 14.3 Å². The van der Waals surface area contributed by atoms with Gasteiger partial charge in [-0.3, -0.25) is 4.99 Å². The second-order valence-electron chi connectivity index (χ2n) is 5.62. The minimum atomic E-state index is 0.365. The predicted octanol–water partition coefficient (Wildman–Crippen LogP) is 4.05. The Bertz CT molecular complexity index is 872. The molecule has 0 bridgehead atoms. The minimum Gasteiger partial charge on any atom is -0.507 e. The summed E-state index contributed by atoms with van der Waals surface area (Å²) in [6, 6.07) is 22.2. The maximum absolute atomic E-state index is 10.8. The molecule has 2 nitrogen and oxygen atoms in total. The normalized spacial score (nSPS) is 11.6. The summed E-state index contributed by atoms with van der Waals surface area (Å²) in [5, 5.41) is 13.0. The van der Waals surface area contributed by atoms with E-state index in [-0.39, 0.29) is 0 Å². The molecule has 3 aromatic rings. The molecule has 0 fully saturated rings.